The van der Waals surface area contributed by atoms with Gasteiger partial charge in [0, 0.05) is 5.56 Å². The smallest absolute Gasteiger partial charge is 0.106 e. The molecule has 76 valence electrons. The Bertz CT molecular complexity index is 317. The van der Waals surface area contributed by atoms with Gasteiger partial charge in [-0.1, -0.05) is 35.5 Å². The first kappa shape index (κ1) is 10.7. The Hall–Kier alpha value is -1.35. The normalized spacial score (nSPS) is 12.9. The van der Waals surface area contributed by atoms with Crippen LogP contribution in [0.4, 0.5) is 0 Å². The van der Waals surface area contributed by atoms with Gasteiger partial charge in [0.15, 0.2) is 0 Å². The molecule has 0 aliphatic carbocycles. The minimum absolute atomic E-state index is 0.337. The summed E-state index contributed by atoms with van der Waals surface area (Å²) in [5.41, 5.74) is 1.23. The summed E-state index contributed by atoms with van der Waals surface area (Å²) >= 11 is 0. The average molecular weight is 192 g/mol. The first-order chi connectivity index (χ1) is 6.61. The predicted octanol–water partition coefficient (Wildman–Crippen LogP) is 1.86. The molecule has 0 amide bonds. The molecule has 0 radical (unpaired) electrons. The molecule has 0 aliphatic rings. The lowest BCUT2D eigenvalue weighted by Crippen LogP contribution is -2.45. The van der Waals surface area contributed by atoms with E-state index in [2.05, 4.69) is 10.5 Å². The Morgan fingerprint density at radius 3 is 2.29 bits per heavy atom. The molecule has 14 heavy (non-hydrogen) atoms. The van der Waals surface area contributed by atoms with E-state index in [1.807, 2.05) is 51.2 Å². The molecular formula is C11H16N2O. The Balaban J connectivity index is 3.07. The molecular weight excluding hydrogens is 176 g/mol. The summed E-state index contributed by atoms with van der Waals surface area (Å²) in [6.07, 6.45) is 0. The van der Waals surface area contributed by atoms with Crippen LogP contribution in [-0.4, -0.2) is 23.5 Å². The Morgan fingerprint density at radius 1 is 1.29 bits per heavy atom. The van der Waals surface area contributed by atoms with Crippen molar-refractivity contribution in [2.24, 2.45) is 5.16 Å². The fraction of sp³-hybridized carbons (Fsp3) is 0.364. The summed E-state index contributed by atoms with van der Waals surface area (Å²) in [5.74, 6) is 0. The molecule has 0 bridgehead atoms. The lowest BCUT2D eigenvalue weighted by molar-refractivity contribution is 0.312. The van der Waals surface area contributed by atoms with E-state index >= 15 is 0 Å². The number of nitrogens with one attached hydrogen (secondary N) is 1. The molecule has 0 aliphatic heterocycles. The van der Waals surface area contributed by atoms with E-state index in [0.717, 1.165) is 5.56 Å². The van der Waals surface area contributed by atoms with E-state index in [1.54, 1.807) is 0 Å². The SMILES string of the molecule is CNC(C)(C)/C(=N/O)c1ccccc1. The number of hydrogen-bond donors (Lipinski definition) is 2. The van der Waals surface area contributed by atoms with Crippen LogP contribution < -0.4 is 5.32 Å². The zero-order valence-electron chi connectivity index (χ0n) is 8.78. The molecule has 1 rings (SSSR count). The van der Waals surface area contributed by atoms with Crippen LogP contribution in [0.3, 0.4) is 0 Å². The summed E-state index contributed by atoms with van der Waals surface area (Å²) in [7, 11) is 1.84. The Labute approximate surface area is 84.4 Å². The molecule has 0 spiro atoms. The topological polar surface area (TPSA) is 44.6 Å². The van der Waals surface area contributed by atoms with Crippen molar-refractivity contribution in [1.29, 1.82) is 0 Å². The zero-order chi connectivity index (χ0) is 10.6. The second-order valence-corrected chi connectivity index (χ2v) is 3.69. The summed E-state index contributed by atoms with van der Waals surface area (Å²) in [6, 6.07) is 9.63. The molecule has 0 heterocycles. The van der Waals surface area contributed by atoms with Gasteiger partial charge in [0.25, 0.3) is 0 Å². The third kappa shape index (κ3) is 2.12. The van der Waals surface area contributed by atoms with Gasteiger partial charge in [0.2, 0.25) is 0 Å². The molecule has 1 aromatic carbocycles. The van der Waals surface area contributed by atoms with Crippen molar-refractivity contribution in [2.45, 2.75) is 19.4 Å². The highest BCUT2D eigenvalue weighted by Crippen LogP contribution is 2.13. The van der Waals surface area contributed by atoms with Gasteiger partial charge in [0.1, 0.15) is 5.71 Å². The highest BCUT2D eigenvalue weighted by molar-refractivity contribution is 6.06. The first-order valence-electron chi connectivity index (χ1n) is 4.58. The van der Waals surface area contributed by atoms with Crippen molar-refractivity contribution >= 4 is 5.71 Å². The molecule has 2 N–H and O–H groups in total. The number of nitrogens with zero attached hydrogens (tertiary/aromatic N) is 1. The molecule has 0 aromatic heterocycles. The van der Waals surface area contributed by atoms with E-state index in [9.17, 15) is 0 Å². The third-order valence-electron chi connectivity index (χ3n) is 2.36. The van der Waals surface area contributed by atoms with Gasteiger partial charge in [-0.15, -0.1) is 0 Å². The maximum atomic E-state index is 8.99. The van der Waals surface area contributed by atoms with E-state index in [0.29, 0.717) is 5.71 Å². The van der Waals surface area contributed by atoms with Crippen molar-refractivity contribution < 1.29 is 5.21 Å². The Morgan fingerprint density at radius 2 is 1.86 bits per heavy atom. The van der Waals surface area contributed by atoms with Gasteiger partial charge in [0.05, 0.1) is 5.54 Å². The van der Waals surface area contributed by atoms with Crippen LogP contribution in [-0.2, 0) is 0 Å². The van der Waals surface area contributed by atoms with E-state index in [-0.39, 0.29) is 5.54 Å². The summed E-state index contributed by atoms with van der Waals surface area (Å²) in [6.45, 7) is 3.93. The molecule has 0 fully saturated rings. The minimum Gasteiger partial charge on any atom is -0.411 e. The Kier molecular flexibility index (Phi) is 3.25. The predicted molar refractivity (Wildman–Crippen MR) is 57.9 cm³/mol. The minimum atomic E-state index is -0.337. The highest BCUT2D eigenvalue weighted by Gasteiger charge is 2.24. The standard InChI is InChI=1S/C11H16N2O/c1-11(2,12-3)10(13-14)9-7-5-4-6-8-9/h4-8,12,14H,1-3H3/b13-10+. The van der Waals surface area contributed by atoms with E-state index in [4.69, 9.17) is 5.21 Å². The molecule has 0 atom stereocenters. The average Bonchev–Trinajstić information content (AvgIpc) is 2.20. The van der Waals surface area contributed by atoms with Crippen LogP contribution >= 0.6 is 0 Å². The zero-order valence-corrected chi connectivity index (χ0v) is 8.78. The molecule has 1 aromatic rings. The number of benzene rings is 1. The molecule has 3 nitrogen and oxygen atoms in total. The summed E-state index contributed by atoms with van der Waals surface area (Å²) < 4.78 is 0. The number of hydrogen-bond acceptors (Lipinski definition) is 3. The maximum absolute atomic E-state index is 8.99. The lowest BCUT2D eigenvalue weighted by atomic mass is 9.92. The molecule has 0 unspecified atom stereocenters. The third-order valence-corrected chi connectivity index (χ3v) is 2.36. The largest absolute Gasteiger partial charge is 0.411 e. The molecule has 3 heteroatoms. The van der Waals surface area contributed by atoms with E-state index in [1.165, 1.54) is 0 Å². The second-order valence-electron chi connectivity index (χ2n) is 3.69. The first-order valence-corrected chi connectivity index (χ1v) is 4.58. The van der Waals surface area contributed by atoms with Crippen LogP contribution in [0.15, 0.2) is 35.5 Å². The fourth-order valence-corrected chi connectivity index (χ4v) is 1.26. The quantitative estimate of drug-likeness (QED) is 0.436. The van der Waals surface area contributed by atoms with Crippen molar-refractivity contribution in [1.82, 2.24) is 5.32 Å². The van der Waals surface area contributed by atoms with Crippen LogP contribution in [0.25, 0.3) is 0 Å². The van der Waals surface area contributed by atoms with Gasteiger partial charge < -0.3 is 10.5 Å². The lowest BCUT2D eigenvalue weighted by Gasteiger charge is -2.25. The number of rotatable bonds is 3. The molecule has 0 saturated carbocycles. The monoisotopic (exact) mass is 192 g/mol. The van der Waals surface area contributed by atoms with Gasteiger partial charge in [-0.25, -0.2) is 0 Å². The van der Waals surface area contributed by atoms with Crippen molar-refractivity contribution in [3.05, 3.63) is 35.9 Å². The van der Waals surface area contributed by atoms with Crippen LogP contribution in [0.1, 0.15) is 19.4 Å². The van der Waals surface area contributed by atoms with Crippen LogP contribution in [0, 0.1) is 0 Å². The van der Waals surface area contributed by atoms with Gasteiger partial charge in [-0.3, -0.25) is 0 Å². The van der Waals surface area contributed by atoms with Crippen molar-refractivity contribution in [3.63, 3.8) is 0 Å². The highest BCUT2D eigenvalue weighted by atomic mass is 16.4. The summed E-state index contributed by atoms with van der Waals surface area (Å²) in [5, 5.41) is 15.4. The van der Waals surface area contributed by atoms with Crippen LogP contribution in [0.2, 0.25) is 0 Å². The van der Waals surface area contributed by atoms with E-state index < -0.39 is 0 Å². The van der Waals surface area contributed by atoms with Crippen molar-refractivity contribution in [2.75, 3.05) is 7.05 Å². The maximum Gasteiger partial charge on any atom is 0.106 e. The second kappa shape index (κ2) is 4.24. The van der Waals surface area contributed by atoms with Crippen molar-refractivity contribution in [3.8, 4) is 0 Å². The molecule has 0 saturated heterocycles. The van der Waals surface area contributed by atoms with Gasteiger partial charge >= 0.3 is 0 Å². The van der Waals surface area contributed by atoms with Gasteiger partial charge in [-0.05, 0) is 20.9 Å². The summed E-state index contributed by atoms with van der Waals surface area (Å²) in [4.78, 5) is 0. The number of oxime groups is 1. The van der Waals surface area contributed by atoms with Crippen LogP contribution in [0.5, 0.6) is 0 Å². The fourth-order valence-electron chi connectivity index (χ4n) is 1.26. The van der Waals surface area contributed by atoms with Gasteiger partial charge in [-0.2, -0.15) is 0 Å². The number of likely N-dealkylation sites (N-methyl/N-ethyl adjacent to an activating group) is 1.